The Balaban J connectivity index is 1.85. The number of rotatable bonds is 1. The van der Waals surface area contributed by atoms with Gasteiger partial charge in [0.1, 0.15) is 5.69 Å². The lowest BCUT2D eigenvalue weighted by atomic mass is 10.1. The van der Waals surface area contributed by atoms with Gasteiger partial charge in [-0.25, -0.2) is 0 Å². The molecule has 1 aromatic carbocycles. The molecule has 5 nitrogen and oxygen atoms in total. The van der Waals surface area contributed by atoms with Crippen LogP contribution >= 0.6 is 0 Å². The molecule has 1 aliphatic heterocycles. The van der Waals surface area contributed by atoms with Gasteiger partial charge in [0.2, 0.25) is 0 Å². The smallest absolute Gasteiger partial charge is 0.254 e. The zero-order valence-electron chi connectivity index (χ0n) is 10.2. The van der Waals surface area contributed by atoms with Crippen molar-refractivity contribution < 1.29 is 4.79 Å². The lowest BCUT2D eigenvalue weighted by molar-refractivity contribution is 0.0731. The number of aryl methyl sites for hydroxylation is 1. The molecule has 0 fully saturated rings. The van der Waals surface area contributed by atoms with Crippen molar-refractivity contribution in [3.63, 3.8) is 0 Å². The molecule has 0 unspecified atom stereocenters. The summed E-state index contributed by atoms with van der Waals surface area (Å²) in [7, 11) is 0. The van der Waals surface area contributed by atoms with Crippen molar-refractivity contribution in [2.75, 3.05) is 6.54 Å². The molecule has 18 heavy (non-hydrogen) atoms. The molecule has 1 aromatic heterocycles. The summed E-state index contributed by atoms with van der Waals surface area (Å²) >= 11 is 0. The standard InChI is InChI=1S/C13H14N4O/c1-9-4-2-3-5-10(9)13(18)17-7-6-11-12(8-17)15-16-14-11/h2-5H,6-8H2,1H3,(H,14,15,16). The highest BCUT2D eigenvalue weighted by Gasteiger charge is 2.24. The number of amides is 1. The summed E-state index contributed by atoms with van der Waals surface area (Å²) in [5.74, 6) is 0.0711. The van der Waals surface area contributed by atoms with Gasteiger partial charge in [0.15, 0.2) is 0 Å². The van der Waals surface area contributed by atoms with E-state index >= 15 is 0 Å². The number of nitrogens with zero attached hydrogens (tertiary/aromatic N) is 3. The molecule has 0 saturated carbocycles. The minimum Gasteiger partial charge on any atom is -0.332 e. The largest absolute Gasteiger partial charge is 0.332 e. The Morgan fingerprint density at radius 1 is 1.28 bits per heavy atom. The third kappa shape index (κ3) is 1.77. The highest BCUT2D eigenvalue weighted by atomic mass is 16.2. The van der Waals surface area contributed by atoms with E-state index in [4.69, 9.17) is 0 Å². The average Bonchev–Trinajstić information content (AvgIpc) is 2.85. The Morgan fingerprint density at radius 3 is 2.89 bits per heavy atom. The second kappa shape index (κ2) is 4.25. The fraction of sp³-hybridized carbons (Fsp3) is 0.308. The fourth-order valence-corrected chi connectivity index (χ4v) is 2.26. The molecule has 92 valence electrons. The Bertz CT molecular complexity index is 590. The minimum atomic E-state index is 0.0711. The monoisotopic (exact) mass is 242 g/mol. The molecule has 0 bridgehead atoms. The van der Waals surface area contributed by atoms with E-state index in [1.54, 1.807) is 0 Å². The summed E-state index contributed by atoms with van der Waals surface area (Å²) in [6.07, 6.45) is 0.767. The van der Waals surface area contributed by atoms with E-state index in [0.717, 1.165) is 28.9 Å². The number of hydrogen-bond acceptors (Lipinski definition) is 3. The molecule has 0 saturated heterocycles. The summed E-state index contributed by atoms with van der Waals surface area (Å²) in [6.45, 7) is 3.20. The molecule has 5 heteroatoms. The number of aromatic amines is 1. The number of fused-ring (bicyclic) bond motifs is 1. The third-order valence-electron chi connectivity index (χ3n) is 3.32. The van der Waals surface area contributed by atoms with Crippen molar-refractivity contribution in [2.24, 2.45) is 0 Å². The van der Waals surface area contributed by atoms with Crippen LogP contribution in [0.2, 0.25) is 0 Å². The number of carbonyl (C=O) groups is 1. The summed E-state index contributed by atoms with van der Waals surface area (Å²) in [5, 5.41) is 10.8. The van der Waals surface area contributed by atoms with E-state index in [-0.39, 0.29) is 5.91 Å². The first kappa shape index (κ1) is 11.0. The first-order valence-corrected chi connectivity index (χ1v) is 5.99. The van der Waals surface area contributed by atoms with Gasteiger partial charge in [0.05, 0.1) is 12.2 Å². The van der Waals surface area contributed by atoms with Crippen molar-refractivity contribution in [3.8, 4) is 0 Å². The van der Waals surface area contributed by atoms with Crippen LogP contribution in [0.4, 0.5) is 0 Å². The SMILES string of the molecule is Cc1ccccc1C(=O)N1CCc2n[nH]nc2C1. The first-order chi connectivity index (χ1) is 8.75. The van der Waals surface area contributed by atoms with Gasteiger partial charge in [0.25, 0.3) is 5.91 Å². The van der Waals surface area contributed by atoms with E-state index in [2.05, 4.69) is 15.4 Å². The zero-order valence-corrected chi connectivity index (χ0v) is 10.2. The van der Waals surface area contributed by atoms with Crippen molar-refractivity contribution >= 4 is 5.91 Å². The van der Waals surface area contributed by atoms with Gasteiger partial charge in [-0.05, 0) is 18.6 Å². The van der Waals surface area contributed by atoms with E-state index in [9.17, 15) is 4.79 Å². The number of benzene rings is 1. The maximum Gasteiger partial charge on any atom is 0.254 e. The number of carbonyl (C=O) groups excluding carboxylic acids is 1. The molecular formula is C13H14N4O. The fourth-order valence-electron chi connectivity index (χ4n) is 2.26. The molecule has 0 atom stereocenters. The first-order valence-electron chi connectivity index (χ1n) is 5.99. The molecule has 1 N–H and O–H groups in total. The predicted molar refractivity (Wildman–Crippen MR) is 66.0 cm³/mol. The average molecular weight is 242 g/mol. The molecule has 3 rings (SSSR count). The Hall–Kier alpha value is -2.17. The van der Waals surface area contributed by atoms with Crippen molar-refractivity contribution in [1.29, 1.82) is 0 Å². The predicted octanol–water partition coefficient (Wildman–Crippen LogP) is 1.31. The van der Waals surface area contributed by atoms with Crippen LogP contribution in [-0.4, -0.2) is 32.8 Å². The van der Waals surface area contributed by atoms with Crippen LogP contribution in [0.5, 0.6) is 0 Å². The molecule has 1 aliphatic rings. The van der Waals surface area contributed by atoms with Crippen LogP contribution in [0.15, 0.2) is 24.3 Å². The summed E-state index contributed by atoms with van der Waals surface area (Å²) in [5.41, 5.74) is 3.63. The second-order valence-corrected chi connectivity index (χ2v) is 4.51. The summed E-state index contributed by atoms with van der Waals surface area (Å²) < 4.78 is 0. The Morgan fingerprint density at radius 2 is 2.06 bits per heavy atom. The summed E-state index contributed by atoms with van der Waals surface area (Å²) in [4.78, 5) is 14.2. The molecule has 0 spiro atoms. The second-order valence-electron chi connectivity index (χ2n) is 4.51. The number of aromatic nitrogens is 3. The van der Waals surface area contributed by atoms with Crippen molar-refractivity contribution in [2.45, 2.75) is 19.9 Å². The molecular weight excluding hydrogens is 228 g/mol. The quantitative estimate of drug-likeness (QED) is 0.820. The topological polar surface area (TPSA) is 61.9 Å². The van der Waals surface area contributed by atoms with Crippen LogP contribution in [0.25, 0.3) is 0 Å². The maximum absolute atomic E-state index is 12.4. The Kier molecular flexibility index (Phi) is 2.59. The van der Waals surface area contributed by atoms with E-state index in [1.165, 1.54) is 0 Å². The summed E-state index contributed by atoms with van der Waals surface area (Å²) in [6, 6.07) is 7.67. The van der Waals surface area contributed by atoms with E-state index in [0.29, 0.717) is 13.1 Å². The maximum atomic E-state index is 12.4. The van der Waals surface area contributed by atoms with Gasteiger partial charge >= 0.3 is 0 Å². The van der Waals surface area contributed by atoms with Gasteiger partial charge in [-0.15, -0.1) is 0 Å². The van der Waals surface area contributed by atoms with E-state index in [1.807, 2.05) is 36.1 Å². The van der Waals surface area contributed by atoms with Crippen LogP contribution < -0.4 is 0 Å². The molecule has 1 amide bonds. The molecule has 0 radical (unpaired) electrons. The van der Waals surface area contributed by atoms with E-state index < -0.39 is 0 Å². The van der Waals surface area contributed by atoms with Gasteiger partial charge in [-0.3, -0.25) is 4.79 Å². The highest BCUT2D eigenvalue weighted by molar-refractivity contribution is 5.95. The molecule has 2 aromatic rings. The number of H-pyrrole nitrogens is 1. The van der Waals surface area contributed by atoms with Crippen molar-refractivity contribution in [1.82, 2.24) is 20.3 Å². The lowest BCUT2D eigenvalue weighted by Crippen LogP contribution is -2.36. The molecule has 0 aliphatic carbocycles. The highest BCUT2D eigenvalue weighted by Crippen LogP contribution is 2.18. The zero-order chi connectivity index (χ0) is 12.5. The normalized spacial score (nSPS) is 14.4. The minimum absolute atomic E-state index is 0.0711. The van der Waals surface area contributed by atoms with Gasteiger partial charge in [-0.1, -0.05) is 18.2 Å². The molecule has 2 heterocycles. The van der Waals surface area contributed by atoms with Crippen LogP contribution in [-0.2, 0) is 13.0 Å². The van der Waals surface area contributed by atoms with Gasteiger partial charge in [0, 0.05) is 18.5 Å². The lowest BCUT2D eigenvalue weighted by Gasteiger charge is -2.26. The third-order valence-corrected chi connectivity index (χ3v) is 3.32. The Labute approximate surface area is 105 Å². The van der Waals surface area contributed by atoms with Gasteiger partial charge < -0.3 is 4.90 Å². The van der Waals surface area contributed by atoms with Crippen LogP contribution in [0.1, 0.15) is 27.3 Å². The van der Waals surface area contributed by atoms with Crippen LogP contribution in [0.3, 0.4) is 0 Å². The number of nitrogens with one attached hydrogen (secondary N) is 1. The van der Waals surface area contributed by atoms with Crippen molar-refractivity contribution in [3.05, 3.63) is 46.8 Å². The van der Waals surface area contributed by atoms with Crippen LogP contribution in [0, 0.1) is 6.92 Å². The van der Waals surface area contributed by atoms with Gasteiger partial charge in [-0.2, -0.15) is 15.4 Å². The number of hydrogen-bond donors (Lipinski definition) is 1.